The van der Waals surface area contributed by atoms with E-state index in [1.165, 1.54) is 6.92 Å². The molecular weight excluding hydrogens is 194 g/mol. The van der Waals surface area contributed by atoms with Gasteiger partial charge >= 0.3 is 0 Å². The van der Waals surface area contributed by atoms with Crippen molar-refractivity contribution in [1.29, 1.82) is 0 Å². The van der Waals surface area contributed by atoms with Crippen LogP contribution in [0.2, 0.25) is 0 Å². The highest BCUT2D eigenvalue weighted by atomic mass is 16.2. The Kier molecular flexibility index (Phi) is 4.08. The fourth-order valence-corrected chi connectivity index (χ4v) is 1.92. The molecule has 5 heteroatoms. The lowest BCUT2D eigenvalue weighted by Gasteiger charge is -2.28. The second-order valence-corrected chi connectivity index (χ2v) is 3.99. The van der Waals surface area contributed by atoms with Gasteiger partial charge in [0.1, 0.15) is 0 Å². The number of hydrogen-bond acceptors (Lipinski definition) is 3. The summed E-state index contributed by atoms with van der Waals surface area (Å²) in [6.07, 6.45) is 1.96. The van der Waals surface area contributed by atoms with Crippen LogP contribution in [0.3, 0.4) is 0 Å². The molecule has 0 spiro atoms. The van der Waals surface area contributed by atoms with E-state index in [0.717, 1.165) is 19.4 Å². The van der Waals surface area contributed by atoms with E-state index in [-0.39, 0.29) is 24.4 Å². The van der Waals surface area contributed by atoms with Crippen LogP contribution in [0.25, 0.3) is 0 Å². The first-order valence-electron chi connectivity index (χ1n) is 5.27. The lowest BCUT2D eigenvalue weighted by atomic mass is 10.2. The second-order valence-electron chi connectivity index (χ2n) is 3.99. The molecule has 0 aliphatic carbocycles. The number of nitrogens with two attached hydrogens (primary N) is 1. The van der Waals surface area contributed by atoms with Crippen LogP contribution in [0.4, 0.5) is 0 Å². The van der Waals surface area contributed by atoms with E-state index in [1.54, 1.807) is 16.8 Å². The molecule has 2 N–H and O–H groups in total. The van der Waals surface area contributed by atoms with Crippen molar-refractivity contribution in [2.45, 2.75) is 25.8 Å². The van der Waals surface area contributed by atoms with Crippen LogP contribution in [0.15, 0.2) is 0 Å². The second kappa shape index (κ2) is 5.11. The summed E-state index contributed by atoms with van der Waals surface area (Å²) in [6.45, 7) is 2.97. The molecule has 1 heterocycles. The first-order valence-corrected chi connectivity index (χ1v) is 5.27. The van der Waals surface area contributed by atoms with Crippen LogP contribution in [-0.2, 0) is 9.59 Å². The molecule has 0 bridgehead atoms. The molecule has 5 nitrogen and oxygen atoms in total. The maximum atomic E-state index is 11.5. The Morgan fingerprint density at radius 3 is 2.73 bits per heavy atom. The third-order valence-corrected chi connectivity index (χ3v) is 2.89. The summed E-state index contributed by atoms with van der Waals surface area (Å²) in [4.78, 5) is 26.0. The summed E-state index contributed by atoms with van der Waals surface area (Å²) in [5, 5.41) is 0. The summed E-state index contributed by atoms with van der Waals surface area (Å²) in [7, 11) is 1.76. The molecule has 1 atom stereocenters. The highest BCUT2D eigenvalue weighted by Crippen LogP contribution is 2.17. The molecule has 1 saturated heterocycles. The molecule has 15 heavy (non-hydrogen) atoms. The number of likely N-dealkylation sites (N-methyl/N-ethyl adjacent to an activating group) is 1. The standard InChI is InChI=1S/C10H19N3O2/c1-8(14)12(2)7-9-4-3-5-13(9)10(15)6-11/h9H,3-7,11H2,1-2H3/t9-/m0/s1. The van der Waals surface area contributed by atoms with Gasteiger partial charge in [0, 0.05) is 33.1 Å². The molecule has 0 saturated carbocycles. The molecule has 1 fully saturated rings. The van der Waals surface area contributed by atoms with Crippen molar-refractivity contribution in [1.82, 2.24) is 9.80 Å². The number of rotatable bonds is 3. The zero-order valence-electron chi connectivity index (χ0n) is 9.40. The molecule has 2 amide bonds. The van der Waals surface area contributed by atoms with Gasteiger partial charge in [-0.05, 0) is 12.8 Å². The van der Waals surface area contributed by atoms with Crippen LogP contribution in [-0.4, -0.2) is 54.3 Å². The van der Waals surface area contributed by atoms with Crippen LogP contribution >= 0.6 is 0 Å². The van der Waals surface area contributed by atoms with Gasteiger partial charge in [0.05, 0.1) is 6.54 Å². The SMILES string of the molecule is CC(=O)N(C)C[C@@H]1CCCN1C(=O)CN. The van der Waals surface area contributed by atoms with Crippen molar-refractivity contribution in [3.8, 4) is 0 Å². The predicted octanol–water partition coefficient (Wildman–Crippen LogP) is -0.586. The first-order chi connectivity index (χ1) is 7.06. The highest BCUT2D eigenvalue weighted by Gasteiger charge is 2.28. The molecule has 0 aromatic heterocycles. The fourth-order valence-electron chi connectivity index (χ4n) is 1.92. The van der Waals surface area contributed by atoms with Gasteiger partial charge < -0.3 is 15.5 Å². The largest absolute Gasteiger partial charge is 0.344 e. The van der Waals surface area contributed by atoms with Crippen molar-refractivity contribution in [3.05, 3.63) is 0 Å². The predicted molar refractivity (Wildman–Crippen MR) is 57.1 cm³/mol. The Bertz CT molecular complexity index is 255. The summed E-state index contributed by atoms with van der Waals surface area (Å²) >= 11 is 0. The summed E-state index contributed by atoms with van der Waals surface area (Å²) in [5.74, 6) is 0.0106. The van der Waals surface area contributed by atoms with Crippen LogP contribution < -0.4 is 5.73 Å². The Morgan fingerprint density at radius 2 is 2.20 bits per heavy atom. The normalized spacial score (nSPS) is 20.5. The van der Waals surface area contributed by atoms with Crippen molar-refractivity contribution in [2.75, 3.05) is 26.7 Å². The number of likely N-dealkylation sites (tertiary alicyclic amines) is 1. The fraction of sp³-hybridized carbons (Fsp3) is 0.800. The number of carbonyl (C=O) groups excluding carboxylic acids is 2. The van der Waals surface area contributed by atoms with Crippen molar-refractivity contribution in [2.24, 2.45) is 5.73 Å². The van der Waals surface area contributed by atoms with E-state index >= 15 is 0 Å². The third kappa shape index (κ3) is 2.92. The average molecular weight is 213 g/mol. The monoisotopic (exact) mass is 213 g/mol. The Labute approximate surface area is 90.2 Å². The van der Waals surface area contributed by atoms with Gasteiger partial charge in [-0.1, -0.05) is 0 Å². The molecule has 0 aromatic rings. The van der Waals surface area contributed by atoms with E-state index in [4.69, 9.17) is 5.73 Å². The summed E-state index contributed by atoms with van der Waals surface area (Å²) < 4.78 is 0. The van der Waals surface area contributed by atoms with Gasteiger partial charge in [0.15, 0.2) is 0 Å². The van der Waals surface area contributed by atoms with Gasteiger partial charge in [-0.2, -0.15) is 0 Å². The van der Waals surface area contributed by atoms with E-state index in [9.17, 15) is 9.59 Å². The minimum absolute atomic E-state index is 0.0190. The van der Waals surface area contributed by atoms with Gasteiger partial charge in [0.2, 0.25) is 11.8 Å². The molecule has 0 aromatic carbocycles. The van der Waals surface area contributed by atoms with E-state index in [1.807, 2.05) is 0 Å². The smallest absolute Gasteiger partial charge is 0.236 e. The number of hydrogen-bond donors (Lipinski definition) is 1. The Morgan fingerprint density at radius 1 is 1.53 bits per heavy atom. The summed E-state index contributed by atoms with van der Waals surface area (Å²) in [6, 6.07) is 0.148. The summed E-state index contributed by atoms with van der Waals surface area (Å²) in [5.41, 5.74) is 5.33. The lowest BCUT2D eigenvalue weighted by Crippen LogP contribution is -2.45. The average Bonchev–Trinajstić information content (AvgIpc) is 2.64. The highest BCUT2D eigenvalue weighted by molar-refractivity contribution is 5.79. The lowest BCUT2D eigenvalue weighted by molar-refractivity contribution is -0.133. The van der Waals surface area contributed by atoms with Crippen molar-refractivity contribution in [3.63, 3.8) is 0 Å². The number of amides is 2. The minimum Gasteiger partial charge on any atom is -0.344 e. The van der Waals surface area contributed by atoms with Gasteiger partial charge in [-0.15, -0.1) is 0 Å². The molecular formula is C10H19N3O2. The quantitative estimate of drug-likeness (QED) is 0.681. The molecule has 1 aliphatic rings. The molecule has 1 rings (SSSR count). The molecule has 86 valence electrons. The van der Waals surface area contributed by atoms with Crippen molar-refractivity contribution < 1.29 is 9.59 Å². The van der Waals surface area contributed by atoms with Crippen LogP contribution in [0.1, 0.15) is 19.8 Å². The first kappa shape index (κ1) is 12.0. The third-order valence-electron chi connectivity index (χ3n) is 2.89. The van der Waals surface area contributed by atoms with Crippen LogP contribution in [0, 0.1) is 0 Å². The zero-order valence-corrected chi connectivity index (χ0v) is 9.40. The van der Waals surface area contributed by atoms with Crippen LogP contribution in [0.5, 0.6) is 0 Å². The molecule has 0 radical (unpaired) electrons. The Balaban J connectivity index is 2.53. The van der Waals surface area contributed by atoms with Gasteiger partial charge in [-0.3, -0.25) is 9.59 Å². The van der Waals surface area contributed by atoms with E-state index in [2.05, 4.69) is 0 Å². The number of nitrogens with zero attached hydrogens (tertiary/aromatic N) is 2. The Hall–Kier alpha value is -1.10. The maximum absolute atomic E-state index is 11.5. The topological polar surface area (TPSA) is 66.6 Å². The molecule has 0 unspecified atom stereocenters. The number of carbonyl (C=O) groups is 2. The van der Waals surface area contributed by atoms with Gasteiger partial charge in [0.25, 0.3) is 0 Å². The minimum atomic E-state index is -0.0190. The van der Waals surface area contributed by atoms with E-state index < -0.39 is 0 Å². The van der Waals surface area contributed by atoms with Gasteiger partial charge in [-0.25, -0.2) is 0 Å². The molecule has 1 aliphatic heterocycles. The van der Waals surface area contributed by atoms with E-state index in [0.29, 0.717) is 6.54 Å². The maximum Gasteiger partial charge on any atom is 0.236 e. The van der Waals surface area contributed by atoms with Crippen molar-refractivity contribution >= 4 is 11.8 Å². The zero-order chi connectivity index (χ0) is 11.4.